The lowest BCUT2D eigenvalue weighted by Crippen LogP contribution is -2.43. The molecule has 0 atom stereocenters. The summed E-state index contributed by atoms with van der Waals surface area (Å²) >= 11 is 1.58. The Morgan fingerprint density at radius 1 is 1.26 bits per heavy atom. The molecule has 27 heavy (non-hydrogen) atoms. The highest BCUT2D eigenvalue weighted by atomic mass is 32.1. The molecule has 2 aromatic rings. The quantitative estimate of drug-likeness (QED) is 0.831. The minimum Gasteiger partial charge on any atom is -0.352 e. The Labute approximate surface area is 163 Å². The highest BCUT2D eigenvalue weighted by molar-refractivity contribution is 7.09. The van der Waals surface area contributed by atoms with Crippen molar-refractivity contribution < 1.29 is 9.59 Å². The van der Waals surface area contributed by atoms with Crippen molar-refractivity contribution in [2.75, 3.05) is 0 Å². The summed E-state index contributed by atoms with van der Waals surface area (Å²) in [5, 5.41) is 2.99. The molecule has 1 aromatic heterocycles. The van der Waals surface area contributed by atoms with Crippen LogP contribution in [0.1, 0.15) is 54.2 Å². The molecule has 0 radical (unpaired) electrons. The number of carbonyl (C=O) groups excluding carboxylic acids is 2. The van der Waals surface area contributed by atoms with E-state index in [-0.39, 0.29) is 11.3 Å². The van der Waals surface area contributed by atoms with Crippen molar-refractivity contribution >= 4 is 23.2 Å². The van der Waals surface area contributed by atoms with Crippen molar-refractivity contribution in [3.8, 4) is 0 Å². The number of benzene rings is 1. The average Bonchev–Trinajstić information content (AvgIpc) is 3.30. The van der Waals surface area contributed by atoms with E-state index in [1.54, 1.807) is 16.8 Å². The topological polar surface area (TPSA) is 62.3 Å². The Bertz CT molecular complexity index is 843. The van der Waals surface area contributed by atoms with Crippen LogP contribution >= 0.6 is 11.3 Å². The van der Waals surface area contributed by atoms with E-state index in [0.717, 1.165) is 36.1 Å². The zero-order valence-electron chi connectivity index (χ0n) is 15.7. The Hall–Kier alpha value is -2.21. The third-order valence-electron chi connectivity index (χ3n) is 5.83. The van der Waals surface area contributed by atoms with E-state index in [1.165, 1.54) is 11.1 Å². The lowest BCUT2D eigenvalue weighted by atomic mass is 9.69. The summed E-state index contributed by atoms with van der Waals surface area (Å²) in [5.41, 5.74) is 5.17. The summed E-state index contributed by atoms with van der Waals surface area (Å²) in [6.07, 6.45) is 6.21. The number of hydrogen-bond acceptors (Lipinski definition) is 4. The van der Waals surface area contributed by atoms with Gasteiger partial charge in [-0.05, 0) is 36.0 Å². The number of nitrogens with zero attached hydrogens (tertiary/aromatic N) is 2. The van der Waals surface area contributed by atoms with Crippen molar-refractivity contribution in [3.05, 3.63) is 51.5 Å². The van der Waals surface area contributed by atoms with Gasteiger partial charge in [-0.2, -0.15) is 0 Å². The Balaban J connectivity index is 1.30. The van der Waals surface area contributed by atoms with Gasteiger partial charge in [-0.15, -0.1) is 11.3 Å². The van der Waals surface area contributed by atoms with E-state index in [1.807, 2.05) is 11.1 Å². The maximum Gasteiger partial charge on any atom is 0.229 e. The van der Waals surface area contributed by atoms with Crippen LogP contribution in [0.4, 0.5) is 0 Å². The maximum atomic E-state index is 12.8. The number of carbonyl (C=O) groups is 2. The SMILES string of the molecule is CC1(C(=O)N2Cc3ccc(CNC(=O)CCc4cncs4)cc3C2)CCC1. The molecule has 2 amide bonds. The highest BCUT2D eigenvalue weighted by Gasteiger charge is 2.42. The lowest BCUT2D eigenvalue weighted by molar-refractivity contribution is -0.146. The van der Waals surface area contributed by atoms with Crippen LogP contribution < -0.4 is 5.32 Å². The Kier molecular flexibility index (Phi) is 5.00. The first-order valence-corrected chi connectivity index (χ1v) is 10.5. The normalized spacial score (nSPS) is 17.3. The predicted molar refractivity (Wildman–Crippen MR) is 105 cm³/mol. The Morgan fingerprint density at radius 3 is 2.78 bits per heavy atom. The molecule has 4 rings (SSSR count). The second-order valence-corrected chi connectivity index (χ2v) is 8.89. The number of nitrogens with one attached hydrogen (secondary N) is 1. The van der Waals surface area contributed by atoms with Gasteiger partial charge in [0.1, 0.15) is 0 Å². The zero-order valence-corrected chi connectivity index (χ0v) is 16.5. The molecule has 0 bridgehead atoms. The van der Waals surface area contributed by atoms with Gasteiger partial charge in [0.25, 0.3) is 0 Å². The van der Waals surface area contributed by atoms with Crippen LogP contribution in [0.15, 0.2) is 29.9 Å². The first-order chi connectivity index (χ1) is 13.0. The first kappa shape index (κ1) is 18.2. The molecule has 1 aliphatic heterocycles. The van der Waals surface area contributed by atoms with Crippen LogP contribution in [0.5, 0.6) is 0 Å². The van der Waals surface area contributed by atoms with Crippen LogP contribution in [0.2, 0.25) is 0 Å². The number of aromatic nitrogens is 1. The monoisotopic (exact) mass is 383 g/mol. The molecule has 142 valence electrons. The fraction of sp³-hybridized carbons (Fsp3) is 0.476. The number of rotatable bonds is 6. The van der Waals surface area contributed by atoms with Crippen LogP contribution in [0, 0.1) is 5.41 Å². The summed E-state index contributed by atoms with van der Waals surface area (Å²) in [6.45, 7) is 4.03. The van der Waals surface area contributed by atoms with Crippen molar-refractivity contribution in [3.63, 3.8) is 0 Å². The molecule has 0 spiro atoms. The number of thiazole rings is 1. The fourth-order valence-corrected chi connectivity index (χ4v) is 4.49. The van der Waals surface area contributed by atoms with Gasteiger partial charge < -0.3 is 10.2 Å². The molecule has 1 saturated carbocycles. The smallest absolute Gasteiger partial charge is 0.229 e. The molecule has 5 nitrogen and oxygen atoms in total. The third-order valence-corrected chi connectivity index (χ3v) is 6.66. The van der Waals surface area contributed by atoms with E-state index in [9.17, 15) is 9.59 Å². The van der Waals surface area contributed by atoms with Crippen LogP contribution in [0.25, 0.3) is 0 Å². The van der Waals surface area contributed by atoms with Gasteiger partial charge in [-0.1, -0.05) is 31.5 Å². The zero-order chi connectivity index (χ0) is 18.9. The van der Waals surface area contributed by atoms with Gasteiger partial charge >= 0.3 is 0 Å². The Morgan fingerprint density at radius 2 is 2.07 bits per heavy atom. The second kappa shape index (κ2) is 7.43. The molecule has 2 aliphatic rings. The van der Waals surface area contributed by atoms with Crippen molar-refractivity contribution in [2.24, 2.45) is 5.41 Å². The summed E-state index contributed by atoms with van der Waals surface area (Å²) in [5.74, 6) is 0.349. The molecule has 0 unspecified atom stereocenters. The predicted octanol–water partition coefficient (Wildman–Crippen LogP) is 3.42. The van der Waals surface area contributed by atoms with Gasteiger partial charge in [-0.3, -0.25) is 14.6 Å². The first-order valence-electron chi connectivity index (χ1n) is 9.58. The summed E-state index contributed by atoms with van der Waals surface area (Å²) in [6, 6.07) is 6.29. The summed E-state index contributed by atoms with van der Waals surface area (Å²) in [7, 11) is 0. The second-order valence-electron chi connectivity index (χ2n) is 7.92. The molecule has 1 aliphatic carbocycles. The van der Waals surface area contributed by atoms with E-state index < -0.39 is 0 Å². The minimum absolute atomic E-state index is 0.0543. The third kappa shape index (κ3) is 3.90. The number of fused-ring (bicyclic) bond motifs is 1. The molecule has 1 fully saturated rings. The maximum absolute atomic E-state index is 12.8. The van der Waals surface area contributed by atoms with Crippen molar-refractivity contribution in [2.45, 2.75) is 58.7 Å². The summed E-state index contributed by atoms with van der Waals surface area (Å²) < 4.78 is 0. The number of hydrogen-bond donors (Lipinski definition) is 1. The van der Waals surface area contributed by atoms with Gasteiger partial charge in [0, 0.05) is 42.5 Å². The van der Waals surface area contributed by atoms with Gasteiger partial charge in [0.05, 0.1) is 5.51 Å². The van der Waals surface area contributed by atoms with E-state index >= 15 is 0 Å². The standard InChI is InChI=1S/C21H25N3O2S/c1-21(7-2-8-21)20(26)24-12-16-4-3-15(9-17(16)13-24)10-23-19(25)6-5-18-11-22-14-27-18/h3-4,9,11,14H,2,5-8,10,12-13H2,1H3,(H,23,25). The van der Waals surface area contributed by atoms with Gasteiger partial charge in [0.2, 0.25) is 11.8 Å². The fourth-order valence-electron chi connectivity index (χ4n) is 3.90. The van der Waals surface area contributed by atoms with Gasteiger partial charge in [-0.25, -0.2) is 0 Å². The molecular weight excluding hydrogens is 358 g/mol. The van der Waals surface area contributed by atoms with E-state index in [0.29, 0.717) is 32.0 Å². The average molecular weight is 384 g/mol. The van der Waals surface area contributed by atoms with Gasteiger partial charge in [0.15, 0.2) is 0 Å². The van der Waals surface area contributed by atoms with Crippen LogP contribution in [-0.4, -0.2) is 21.7 Å². The largest absolute Gasteiger partial charge is 0.352 e. The molecule has 0 saturated heterocycles. The van der Waals surface area contributed by atoms with Crippen LogP contribution in [0.3, 0.4) is 0 Å². The lowest BCUT2D eigenvalue weighted by Gasteiger charge is -2.39. The van der Waals surface area contributed by atoms with Crippen LogP contribution in [-0.2, 0) is 35.6 Å². The molecule has 1 aromatic carbocycles. The van der Waals surface area contributed by atoms with E-state index in [2.05, 4.69) is 35.4 Å². The van der Waals surface area contributed by atoms with E-state index in [4.69, 9.17) is 0 Å². The number of amides is 2. The van der Waals surface area contributed by atoms with Crippen molar-refractivity contribution in [1.29, 1.82) is 0 Å². The minimum atomic E-state index is -0.142. The van der Waals surface area contributed by atoms with Crippen molar-refractivity contribution in [1.82, 2.24) is 15.2 Å². The molecule has 6 heteroatoms. The number of aryl methyl sites for hydroxylation is 1. The highest BCUT2D eigenvalue weighted by Crippen LogP contribution is 2.43. The summed E-state index contributed by atoms with van der Waals surface area (Å²) in [4.78, 5) is 32.0. The molecule has 1 N–H and O–H groups in total. The molecular formula is C21H25N3O2S. The molecule has 2 heterocycles.